The summed E-state index contributed by atoms with van der Waals surface area (Å²) in [7, 11) is 0. The Morgan fingerprint density at radius 2 is 1.44 bits per heavy atom. The van der Waals surface area contributed by atoms with Gasteiger partial charge in [-0.2, -0.15) is 0 Å². The molecule has 0 unspecified atom stereocenters. The van der Waals surface area contributed by atoms with Crippen LogP contribution in [-0.2, 0) is 13.1 Å². The monoisotopic (exact) mass is 442 g/mol. The number of aromatic nitrogens is 4. The van der Waals surface area contributed by atoms with Gasteiger partial charge in [0.25, 0.3) is 5.56 Å². The predicted molar refractivity (Wildman–Crippen MR) is 126 cm³/mol. The van der Waals surface area contributed by atoms with Crippen LogP contribution in [0, 0.1) is 0 Å². The van der Waals surface area contributed by atoms with Gasteiger partial charge in [-0.25, -0.2) is 14.3 Å². The van der Waals surface area contributed by atoms with Crippen LogP contribution in [0.1, 0.15) is 11.1 Å². The number of imidazole rings is 1. The van der Waals surface area contributed by atoms with Crippen LogP contribution in [0.4, 0.5) is 0 Å². The number of para-hydroxylation sites is 1. The van der Waals surface area contributed by atoms with Crippen molar-refractivity contribution in [1.82, 2.24) is 18.7 Å². The Hall–Kier alpha value is -3.90. The molecule has 0 saturated heterocycles. The average Bonchev–Trinajstić information content (AvgIpc) is 3.23. The molecule has 32 heavy (non-hydrogen) atoms. The molecule has 0 amide bonds. The molecule has 0 radical (unpaired) electrons. The molecule has 2 heterocycles. The van der Waals surface area contributed by atoms with Gasteiger partial charge in [-0.15, -0.1) is 0 Å². The number of halogens is 1. The second-order valence-electron chi connectivity index (χ2n) is 7.47. The maximum absolute atomic E-state index is 13.6. The lowest BCUT2D eigenvalue weighted by molar-refractivity contribution is 0.677. The SMILES string of the molecule is O=c1c2c(ncn2Cc2ccccc2Cl)n(-c2ccccc2)c(=O)n1Cc1ccccc1. The smallest absolute Gasteiger partial charge is 0.320 e. The fraction of sp³-hybridized carbons (Fsp3) is 0.0800. The summed E-state index contributed by atoms with van der Waals surface area (Å²) >= 11 is 6.35. The molecule has 0 aliphatic carbocycles. The molecule has 0 N–H and O–H groups in total. The van der Waals surface area contributed by atoms with Gasteiger partial charge in [-0.3, -0.25) is 9.36 Å². The van der Waals surface area contributed by atoms with Crippen LogP contribution >= 0.6 is 11.6 Å². The van der Waals surface area contributed by atoms with Crippen molar-refractivity contribution in [3.8, 4) is 5.69 Å². The van der Waals surface area contributed by atoms with Crippen LogP contribution in [0.5, 0.6) is 0 Å². The number of hydrogen-bond donors (Lipinski definition) is 0. The zero-order valence-corrected chi connectivity index (χ0v) is 17.8. The topological polar surface area (TPSA) is 61.8 Å². The molecule has 5 aromatic rings. The third-order valence-corrected chi connectivity index (χ3v) is 5.77. The Morgan fingerprint density at radius 1 is 0.781 bits per heavy atom. The lowest BCUT2D eigenvalue weighted by Crippen LogP contribution is -2.40. The maximum atomic E-state index is 13.6. The Kier molecular flexibility index (Phi) is 5.21. The summed E-state index contributed by atoms with van der Waals surface area (Å²) in [5.41, 5.74) is 2.23. The molecule has 0 bridgehead atoms. The van der Waals surface area contributed by atoms with Crippen LogP contribution in [0.25, 0.3) is 16.9 Å². The number of hydrogen-bond acceptors (Lipinski definition) is 3. The summed E-state index contributed by atoms with van der Waals surface area (Å²) in [4.78, 5) is 31.5. The van der Waals surface area contributed by atoms with E-state index in [2.05, 4.69) is 4.98 Å². The maximum Gasteiger partial charge on any atom is 0.337 e. The molecule has 0 fully saturated rings. The van der Waals surface area contributed by atoms with Gasteiger partial charge in [0.2, 0.25) is 0 Å². The lowest BCUT2D eigenvalue weighted by atomic mass is 10.2. The number of nitrogens with zero attached hydrogens (tertiary/aromatic N) is 4. The molecule has 158 valence electrons. The van der Waals surface area contributed by atoms with E-state index in [-0.39, 0.29) is 12.1 Å². The minimum Gasteiger partial charge on any atom is -0.320 e. The van der Waals surface area contributed by atoms with Crippen molar-refractivity contribution < 1.29 is 0 Å². The highest BCUT2D eigenvalue weighted by Gasteiger charge is 2.19. The fourth-order valence-corrected chi connectivity index (χ4v) is 4.02. The summed E-state index contributed by atoms with van der Waals surface area (Å²) in [5, 5.41) is 0.607. The van der Waals surface area contributed by atoms with Crippen LogP contribution in [-0.4, -0.2) is 18.7 Å². The Labute approximate surface area is 188 Å². The zero-order valence-electron chi connectivity index (χ0n) is 17.1. The zero-order chi connectivity index (χ0) is 22.1. The van der Waals surface area contributed by atoms with Gasteiger partial charge in [0.15, 0.2) is 11.2 Å². The van der Waals surface area contributed by atoms with E-state index in [1.54, 1.807) is 10.9 Å². The second-order valence-corrected chi connectivity index (χ2v) is 7.87. The van der Waals surface area contributed by atoms with Gasteiger partial charge >= 0.3 is 5.69 Å². The molecule has 0 spiro atoms. The highest BCUT2D eigenvalue weighted by molar-refractivity contribution is 6.31. The molecule has 3 aromatic carbocycles. The fourth-order valence-electron chi connectivity index (χ4n) is 3.83. The van der Waals surface area contributed by atoms with Crippen molar-refractivity contribution in [2.45, 2.75) is 13.1 Å². The van der Waals surface area contributed by atoms with Crippen LogP contribution in [0.15, 0.2) is 101 Å². The van der Waals surface area contributed by atoms with Gasteiger partial charge in [0.1, 0.15) is 0 Å². The molecular formula is C25H19ClN4O2. The van der Waals surface area contributed by atoms with Gasteiger partial charge in [-0.1, -0.05) is 78.3 Å². The molecular weight excluding hydrogens is 424 g/mol. The molecule has 7 heteroatoms. The van der Waals surface area contributed by atoms with Crippen molar-refractivity contribution in [2.24, 2.45) is 0 Å². The van der Waals surface area contributed by atoms with E-state index < -0.39 is 5.69 Å². The van der Waals surface area contributed by atoms with Gasteiger partial charge in [-0.05, 0) is 29.3 Å². The van der Waals surface area contributed by atoms with Crippen molar-refractivity contribution in [3.63, 3.8) is 0 Å². The van der Waals surface area contributed by atoms with Crippen molar-refractivity contribution in [1.29, 1.82) is 0 Å². The van der Waals surface area contributed by atoms with Gasteiger partial charge in [0, 0.05) is 5.02 Å². The molecule has 5 rings (SSSR count). The third-order valence-electron chi connectivity index (χ3n) is 5.40. The highest BCUT2D eigenvalue weighted by atomic mass is 35.5. The van der Waals surface area contributed by atoms with E-state index in [0.29, 0.717) is 28.4 Å². The minimum absolute atomic E-state index is 0.165. The van der Waals surface area contributed by atoms with Crippen LogP contribution in [0.2, 0.25) is 5.02 Å². The first-order valence-electron chi connectivity index (χ1n) is 10.2. The summed E-state index contributed by atoms with van der Waals surface area (Å²) in [6.45, 7) is 0.530. The number of benzene rings is 3. The summed E-state index contributed by atoms with van der Waals surface area (Å²) in [5.74, 6) is 0. The third kappa shape index (κ3) is 3.55. The number of fused-ring (bicyclic) bond motifs is 1. The predicted octanol–water partition coefficient (Wildman–Crippen LogP) is 4.10. The van der Waals surface area contributed by atoms with Crippen molar-refractivity contribution in [3.05, 3.63) is 128 Å². The summed E-state index contributed by atoms with van der Waals surface area (Å²) in [6.07, 6.45) is 1.58. The Bertz CT molecular complexity index is 1520. The average molecular weight is 443 g/mol. The molecule has 0 aliphatic rings. The van der Waals surface area contributed by atoms with Crippen LogP contribution in [0.3, 0.4) is 0 Å². The van der Waals surface area contributed by atoms with E-state index in [1.165, 1.54) is 9.13 Å². The quantitative estimate of drug-likeness (QED) is 0.411. The van der Waals surface area contributed by atoms with E-state index in [1.807, 2.05) is 84.9 Å². The lowest BCUT2D eigenvalue weighted by Gasteiger charge is -2.13. The normalized spacial score (nSPS) is 11.2. The van der Waals surface area contributed by atoms with Gasteiger partial charge < -0.3 is 4.57 Å². The largest absolute Gasteiger partial charge is 0.337 e. The van der Waals surface area contributed by atoms with E-state index in [0.717, 1.165) is 11.1 Å². The Balaban J connectivity index is 1.77. The second kappa shape index (κ2) is 8.32. The van der Waals surface area contributed by atoms with Crippen LogP contribution < -0.4 is 11.2 Å². The molecule has 2 aromatic heterocycles. The summed E-state index contributed by atoms with van der Waals surface area (Å²) < 4.78 is 4.50. The molecule has 0 saturated carbocycles. The van der Waals surface area contributed by atoms with E-state index in [9.17, 15) is 9.59 Å². The molecule has 0 aliphatic heterocycles. The summed E-state index contributed by atoms with van der Waals surface area (Å²) in [6, 6.07) is 26.1. The first-order valence-corrected chi connectivity index (χ1v) is 10.5. The van der Waals surface area contributed by atoms with Gasteiger partial charge in [0.05, 0.1) is 25.1 Å². The number of rotatable bonds is 5. The first kappa shape index (κ1) is 20.0. The molecule has 0 atom stereocenters. The Morgan fingerprint density at radius 3 is 2.16 bits per heavy atom. The standard InChI is InChI=1S/C25H19ClN4O2/c26-21-14-8-7-11-19(21)16-28-17-27-23-22(28)24(31)29(15-18-9-3-1-4-10-18)25(32)30(23)20-12-5-2-6-13-20/h1-14,17H,15-16H2. The first-order chi connectivity index (χ1) is 15.6. The van der Waals surface area contributed by atoms with Crippen molar-refractivity contribution in [2.75, 3.05) is 0 Å². The highest BCUT2D eigenvalue weighted by Crippen LogP contribution is 2.19. The van der Waals surface area contributed by atoms with E-state index >= 15 is 0 Å². The minimum atomic E-state index is -0.430. The van der Waals surface area contributed by atoms with Crippen molar-refractivity contribution >= 4 is 22.8 Å². The molecule has 6 nitrogen and oxygen atoms in total. The van der Waals surface area contributed by atoms with E-state index in [4.69, 9.17) is 11.6 Å².